The van der Waals surface area contributed by atoms with Crippen LogP contribution in [0.25, 0.3) is 10.9 Å². The molecule has 0 amide bonds. The average Bonchev–Trinajstić information content (AvgIpc) is 2.54. The van der Waals surface area contributed by atoms with Gasteiger partial charge in [-0.05, 0) is 43.3 Å². The molecule has 7 nitrogen and oxygen atoms in total. The Morgan fingerprint density at radius 2 is 1.79 bits per heavy atom. The second-order valence-electron chi connectivity index (χ2n) is 5.21. The minimum absolute atomic E-state index is 0.0494. The fourth-order valence-electron chi connectivity index (χ4n) is 2.31. The fraction of sp³-hybridized carbons (Fsp3) is 0.125. The molecule has 0 aliphatic rings. The Kier molecular flexibility index (Phi) is 4.08. The van der Waals surface area contributed by atoms with Crippen LogP contribution in [-0.2, 0) is 10.0 Å². The van der Waals surface area contributed by atoms with Gasteiger partial charge in [0, 0.05) is 17.1 Å². The average molecular weight is 344 g/mol. The van der Waals surface area contributed by atoms with Crippen LogP contribution >= 0.6 is 0 Å². The molecule has 3 N–H and O–H groups in total. The molecule has 0 aliphatic heterocycles. The number of nitrogens with zero attached hydrogens (tertiary/aromatic N) is 2. The van der Waals surface area contributed by atoms with E-state index in [0.717, 1.165) is 16.6 Å². The lowest BCUT2D eigenvalue weighted by Gasteiger charge is -2.09. The molecule has 0 fully saturated rings. The first-order valence-corrected chi connectivity index (χ1v) is 8.64. The Morgan fingerprint density at radius 1 is 1.08 bits per heavy atom. The predicted octanol–water partition coefficient (Wildman–Crippen LogP) is 2.34. The minimum Gasteiger partial charge on any atom is -0.497 e. The van der Waals surface area contributed by atoms with Crippen molar-refractivity contribution >= 4 is 32.6 Å². The van der Waals surface area contributed by atoms with Crippen LogP contribution in [-0.4, -0.2) is 25.5 Å². The number of sulfonamides is 1. The van der Waals surface area contributed by atoms with E-state index < -0.39 is 10.0 Å². The number of anilines is 2. The highest BCUT2D eigenvalue weighted by Gasteiger charge is 2.09. The summed E-state index contributed by atoms with van der Waals surface area (Å²) < 4.78 is 27.8. The summed E-state index contributed by atoms with van der Waals surface area (Å²) in [4.78, 5) is 8.93. The number of hydrogen-bond donors (Lipinski definition) is 2. The molecular weight excluding hydrogens is 328 g/mol. The van der Waals surface area contributed by atoms with Gasteiger partial charge >= 0.3 is 0 Å². The van der Waals surface area contributed by atoms with Gasteiger partial charge in [-0.1, -0.05) is 0 Å². The second kappa shape index (κ2) is 6.06. The first-order chi connectivity index (χ1) is 11.4. The maximum Gasteiger partial charge on any atom is 0.238 e. The van der Waals surface area contributed by atoms with Gasteiger partial charge in [0.25, 0.3) is 0 Å². The molecular formula is C16H16N4O3S. The number of nitrogens with one attached hydrogen (secondary N) is 1. The van der Waals surface area contributed by atoms with Gasteiger partial charge in [-0.25, -0.2) is 23.5 Å². The SMILES string of the molecule is COc1ccc2c(C)nc(Nc3ccc(S(N)(=O)=O)cc3)nc2c1. The third-order valence-electron chi connectivity index (χ3n) is 3.53. The van der Waals surface area contributed by atoms with E-state index in [9.17, 15) is 8.42 Å². The van der Waals surface area contributed by atoms with E-state index >= 15 is 0 Å². The zero-order valence-electron chi connectivity index (χ0n) is 13.1. The van der Waals surface area contributed by atoms with Crippen molar-refractivity contribution in [3.05, 3.63) is 48.2 Å². The van der Waals surface area contributed by atoms with Crippen LogP contribution in [0.15, 0.2) is 47.4 Å². The predicted molar refractivity (Wildman–Crippen MR) is 91.9 cm³/mol. The number of aryl methyl sites for hydroxylation is 1. The summed E-state index contributed by atoms with van der Waals surface area (Å²) in [5, 5.41) is 9.07. The van der Waals surface area contributed by atoms with E-state index in [0.29, 0.717) is 17.4 Å². The maximum absolute atomic E-state index is 11.3. The summed E-state index contributed by atoms with van der Waals surface area (Å²) in [6.07, 6.45) is 0. The minimum atomic E-state index is -3.71. The fourth-order valence-corrected chi connectivity index (χ4v) is 2.82. The number of benzene rings is 2. The van der Waals surface area contributed by atoms with Gasteiger partial charge < -0.3 is 10.1 Å². The number of fused-ring (bicyclic) bond motifs is 1. The van der Waals surface area contributed by atoms with Crippen molar-refractivity contribution in [3.8, 4) is 5.75 Å². The Bertz CT molecular complexity index is 1000. The van der Waals surface area contributed by atoms with E-state index in [-0.39, 0.29) is 4.90 Å². The number of nitrogens with two attached hydrogens (primary N) is 1. The molecule has 3 aromatic rings. The van der Waals surface area contributed by atoms with Gasteiger partial charge in [0.2, 0.25) is 16.0 Å². The molecule has 0 radical (unpaired) electrons. The number of methoxy groups -OCH3 is 1. The first-order valence-electron chi connectivity index (χ1n) is 7.09. The summed E-state index contributed by atoms with van der Waals surface area (Å²) in [6, 6.07) is 11.7. The lowest BCUT2D eigenvalue weighted by molar-refractivity contribution is 0.415. The summed E-state index contributed by atoms with van der Waals surface area (Å²) in [5.74, 6) is 1.13. The zero-order valence-corrected chi connectivity index (χ0v) is 14.0. The Balaban J connectivity index is 1.95. The Morgan fingerprint density at radius 3 is 2.42 bits per heavy atom. The Hall–Kier alpha value is -2.71. The lowest BCUT2D eigenvalue weighted by atomic mass is 10.2. The summed E-state index contributed by atoms with van der Waals surface area (Å²) in [5.41, 5.74) is 2.24. The molecule has 1 aromatic heterocycles. The van der Waals surface area contributed by atoms with Gasteiger partial charge in [0.1, 0.15) is 5.75 Å². The van der Waals surface area contributed by atoms with E-state index in [4.69, 9.17) is 9.88 Å². The molecule has 0 aliphatic carbocycles. The summed E-state index contributed by atoms with van der Waals surface area (Å²) in [6.45, 7) is 1.89. The molecule has 0 spiro atoms. The molecule has 1 heterocycles. The Labute approximate surface area is 139 Å². The highest BCUT2D eigenvalue weighted by atomic mass is 32.2. The number of ether oxygens (including phenoxy) is 1. The van der Waals surface area contributed by atoms with Crippen LogP contribution in [0.2, 0.25) is 0 Å². The zero-order chi connectivity index (χ0) is 17.3. The van der Waals surface area contributed by atoms with Gasteiger partial charge in [-0.3, -0.25) is 0 Å². The first kappa shape index (κ1) is 16.2. The number of rotatable bonds is 4. The van der Waals surface area contributed by atoms with Gasteiger partial charge in [0.15, 0.2) is 0 Å². The van der Waals surface area contributed by atoms with Crippen LogP contribution in [0.4, 0.5) is 11.6 Å². The van der Waals surface area contributed by atoms with Crippen LogP contribution in [0.1, 0.15) is 5.69 Å². The third-order valence-corrected chi connectivity index (χ3v) is 4.46. The molecule has 0 unspecified atom stereocenters. The molecule has 3 rings (SSSR count). The van der Waals surface area contributed by atoms with Crippen molar-refractivity contribution in [1.82, 2.24) is 9.97 Å². The standard InChI is InChI=1S/C16H16N4O3S/c1-10-14-8-5-12(23-2)9-15(14)20-16(18-10)19-11-3-6-13(7-4-11)24(17,21)22/h3-9H,1-2H3,(H2,17,21,22)(H,18,19,20). The number of hydrogen-bond acceptors (Lipinski definition) is 6. The third kappa shape index (κ3) is 3.29. The largest absolute Gasteiger partial charge is 0.497 e. The van der Waals surface area contributed by atoms with E-state index in [2.05, 4.69) is 15.3 Å². The monoisotopic (exact) mass is 344 g/mol. The number of aromatic nitrogens is 2. The van der Waals surface area contributed by atoms with E-state index in [1.165, 1.54) is 12.1 Å². The smallest absolute Gasteiger partial charge is 0.238 e. The molecule has 24 heavy (non-hydrogen) atoms. The molecule has 2 aromatic carbocycles. The van der Waals surface area contributed by atoms with Crippen molar-refractivity contribution in [2.45, 2.75) is 11.8 Å². The van der Waals surface area contributed by atoms with Crippen molar-refractivity contribution in [2.24, 2.45) is 5.14 Å². The molecule has 8 heteroatoms. The van der Waals surface area contributed by atoms with Crippen molar-refractivity contribution < 1.29 is 13.2 Å². The van der Waals surface area contributed by atoms with E-state index in [1.807, 2.05) is 25.1 Å². The summed E-state index contributed by atoms with van der Waals surface area (Å²) >= 11 is 0. The highest BCUT2D eigenvalue weighted by molar-refractivity contribution is 7.89. The van der Waals surface area contributed by atoms with Gasteiger partial charge in [-0.15, -0.1) is 0 Å². The van der Waals surface area contributed by atoms with Crippen molar-refractivity contribution in [2.75, 3.05) is 12.4 Å². The second-order valence-corrected chi connectivity index (χ2v) is 6.77. The lowest BCUT2D eigenvalue weighted by Crippen LogP contribution is -2.11. The van der Waals surface area contributed by atoms with Crippen LogP contribution in [0.3, 0.4) is 0 Å². The van der Waals surface area contributed by atoms with Crippen molar-refractivity contribution in [1.29, 1.82) is 0 Å². The molecule has 0 saturated carbocycles. The quantitative estimate of drug-likeness (QED) is 0.752. The summed E-state index contributed by atoms with van der Waals surface area (Å²) in [7, 11) is -2.11. The number of primary sulfonamides is 1. The molecule has 0 saturated heterocycles. The van der Waals surface area contributed by atoms with Gasteiger partial charge in [-0.2, -0.15) is 0 Å². The topological polar surface area (TPSA) is 107 Å². The normalized spacial score (nSPS) is 11.5. The molecule has 0 bridgehead atoms. The van der Waals surface area contributed by atoms with Crippen LogP contribution in [0, 0.1) is 6.92 Å². The highest BCUT2D eigenvalue weighted by Crippen LogP contribution is 2.24. The maximum atomic E-state index is 11.3. The van der Waals surface area contributed by atoms with E-state index in [1.54, 1.807) is 19.2 Å². The molecule has 0 atom stereocenters. The molecule has 124 valence electrons. The van der Waals surface area contributed by atoms with Crippen LogP contribution < -0.4 is 15.2 Å². The van der Waals surface area contributed by atoms with Crippen LogP contribution in [0.5, 0.6) is 5.75 Å². The van der Waals surface area contributed by atoms with Crippen molar-refractivity contribution in [3.63, 3.8) is 0 Å². The van der Waals surface area contributed by atoms with Gasteiger partial charge in [0.05, 0.1) is 23.2 Å².